The van der Waals surface area contributed by atoms with Crippen molar-refractivity contribution < 1.29 is 87.1 Å². The van der Waals surface area contributed by atoms with Crippen LogP contribution in [0.5, 0.6) is 5.75 Å². The second kappa shape index (κ2) is 25.7. The van der Waals surface area contributed by atoms with Gasteiger partial charge in [-0.15, -0.1) is 5.92 Å². The summed E-state index contributed by atoms with van der Waals surface area (Å²) in [5.41, 5.74) is 1.13. The van der Waals surface area contributed by atoms with Gasteiger partial charge in [-0.25, -0.2) is 19.0 Å². The molecule has 1 saturated heterocycles. The van der Waals surface area contributed by atoms with Crippen LogP contribution < -0.4 is 36.9 Å². The number of carbonyl (C=O) groups is 6. The molecule has 82 heavy (non-hydrogen) atoms. The molecule has 2 aromatic heterocycles. The lowest BCUT2D eigenvalue weighted by Crippen LogP contribution is -2.60. The quantitative estimate of drug-likeness (QED) is 0.0213. The molecule has 5 heterocycles. The van der Waals surface area contributed by atoms with Gasteiger partial charge in [-0.05, 0) is 85.9 Å². The number of ether oxygens (including phenoxy) is 6. The maximum absolute atomic E-state index is 15.4. The van der Waals surface area contributed by atoms with Crippen LogP contribution in [0.25, 0.3) is 22.3 Å². The minimum Gasteiger partial charge on any atom is -0.461 e. The van der Waals surface area contributed by atoms with Crippen molar-refractivity contribution >= 4 is 46.6 Å². The number of rotatable bonds is 20. The lowest BCUT2D eigenvalue weighted by Gasteiger charge is -2.39. The van der Waals surface area contributed by atoms with Crippen molar-refractivity contribution in [2.75, 3.05) is 46.2 Å². The van der Waals surface area contributed by atoms with E-state index in [-0.39, 0.29) is 73.4 Å². The number of cyclic esters (lactones) is 1. The largest absolute Gasteiger partial charge is 0.461 e. The van der Waals surface area contributed by atoms with Crippen molar-refractivity contribution in [3.05, 3.63) is 91.0 Å². The number of hydrogen-bond donors (Lipinski definition) is 10. The Morgan fingerprint density at radius 3 is 2.51 bits per heavy atom. The average molecular weight is 1140 g/mol. The van der Waals surface area contributed by atoms with E-state index >= 15 is 4.39 Å². The molecule has 1 fully saturated rings. The zero-order valence-corrected chi connectivity index (χ0v) is 45.0. The van der Waals surface area contributed by atoms with E-state index in [1.54, 1.807) is 19.9 Å². The summed E-state index contributed by atoms with van der Waals surface area (Å²) in [6.45, 7) is -0.0155. The van der Waals surface area contributed by atoms with Crippen molar-refractivity contribution in [1.29, 1.82) is 0 Å². The van der Waals surface area contributed by atoms with Gasteiger partial charge < -0.3 is 85.1 Å². The minimum atomic E-state index is -2.06. The van der Waals surface area contributed by atoms with Crippen LogP contribution in [0.2, 0.25) is 0 Å². The van der Waals surface area contributed by atoms with Crippen LogP contribution in [-0.4, -0.2) is 154 Å². The summed E-state index contributed by atoms with van der Waals surface area (Å²) in [5.74, 6) is 2.10. The number of nitrogens with zero attached hydrogens (tertiary/aromatic N) is 2. The lowest BCUT2D eigenvalue weighted by atomic mass is 9.81. The van der Waals surface area contributed by atoms with Crippen molar-refractivity contribution in [3.8, 4) is 29.0 Å². The van der Waals surface area contributed by atoms with Gasteiger partial charge in [0.25, 0.3) is 11.5 Å². The molecule has 2 aliphatic carbocycles. The zero-order valence-electron chi connectivity index (χ0n) is 45.0. The fraction of sp³-hybridized carbons (Fsp3) is 0.500. The van der Waals surface area contributed by atoms with Gasteiger partial charge >= 0.3 is 12.1 Å². The summed E-state index contributed by atoms with van der Waals surface area (Å²) < 4.78 is 49.7. The molecule has 10 N–H and O–H groups in total. The molecule has 2 aromatic carbocycles. The molecular formula is C56H64FN7O18. The highest BCUT2D eigenvalue weighted by molar-refractivity contribution is 5.97. The smallest absolute Gasteiger partial charge is 0.407 e. The number of hydrogen-bond acceptors (Lipinski definition) is 19. The van der Waals surface area contributed by atoms with Crippen molar-refractivity contribution in [2.24, 2.45) is 0 Å². The van der Waals surface area contributed by atoms with Crippen molar-refractivity contribution in [3.63, 3.8) is 0 Å². The minimum absolute atomic E-state index is 0.00463. The van der Waals surface area contributed by atoms with E-state index in [0.29, 0.717) is 63.8 Å². The first-order chi connectivity index (χ1) is 39.4. The van der Waals surface area contributed by atoms with Crippen LogP contribution in [0, 0.1) is 24.6 Å². The van der Waals surface area contributed by atoms with Gasteiger partial charge in [0, 0.05) is 42.1 Å². The summed E-state index contributed by atoms with van der Waals surface area (Å²) in [7, 11) is 0. The molecule has 0 saturated carbocycles. The second-order valence-electron chi connectivity index (χ2n) is 20.5. The highest BCUT2D eigenvalue weighted by atomic mass is 19.1. The summed E-state index contributed by atoms with van der Waals surface area (Å²) in [5, 5.41) is 65.9. The monoisotopic (exact) mass is 1140 g/mol. The highest BCUT2D eigenvalue weighted by Gasteiger charge is 2.47. The molecule has 8 atom stereocenters. The molecule has 5 amide bonds. The maximum atomic E-state index is 15.4. The Hall–Kier alpha value is -7.61. The lowest BCUT2D eigenvalue weighted by molar-refractivity contribution is -0.277. The number of esters is 1. The fourth-order valence-electron chi connectivity index (χ4n) is 10.7. The predicted molar refractivity (Wildman–Crippen MR) is 282 cm³/mol. The van der Waals surface area contributed by atoms with E-state index in [1.807, 2.05) is 0 Å². The van der Waals surface area contributed by atoms with E-state index in [2.05, 4.69) is 38.4 Å². The van der Waals surface area contributed by atoms with E-state index < -0.39 is 123 Å². The van der Waals surface area contributed by atoms with E-state index in [1.165, 1.54) is 28.8 Å². The van der Waals surface area contributed by atoms with E-state index in [0.717, 1.165) is 25.7 Å². The Morgan fingerprint density at radius 1 is 0.915 bits per heavy atom. The van der Waals surface area contributed by atoms with Crippen LogP contribution in [0.4, 0.5) is 9.18 Å². The number of aliphatic hydroxyl groups excluding tert-OH is 4. The van der Waals surface area contributed by atoms with Gasteiger partial charge in [-0.3, -0.25) is 24.0 Å². The fourth-order valence-corrected chi connectivity index (χ4v) is 10.7. The second-order valence-corrected chi connectivity index (χ2v) is 20.5. The summed E-state index contributed by atoms with van der Waals surface area (Å²) in [6, 6.07) is 6.21. The van der Waals surface area contributed by atoms with Gasteiger partial charge in [0.2, 0.25) is 24.0 Å². The van der Waals surface area contributed by atoms with Gasteiger partial charge in [-0.1, -0.05) is 25.3 Å². The van der Waals surface area contributed by atoms with Gasteiger partial charge in [0.15, 0.2) is 5.60 Å². The number of aryl methyl sites for hydroxylation is 1. The molecule has 26 heteroatoms. The molecule has 0 spiro atoms. The Morgan fingerprint density at radius 2 is 1.72 bits per heavy atom. The topological polar surface area (TPSA) is 354 Å². The SMILES string of the molecule is CC[C@@]1(O)C(=O)OCc2c1cc1n(c2=O)Cc2c-1nc1cc(F)c(C)c3c1c2[C@@H](NC(=O)COCNC(=O)CNC(=O)OCc1ccc(O[C@@H]2O[C@H](CO)[C@@H](O)[C@H](O)[C@H]2O)c(C(=O)NCCNC(=O)COC2C#CCCCCC2)c1)CC3. The van der Waals surface area contributed by atoms with Gasteiger partial charge in [0.1, 0.15) is 81.8 Å². The third kappa shape index (κ3) is 12.6. The number of carbonyl (C=O) groups excluding carboxylic acids is 6. The first-order valence-corrected chi connectivity index (χ1v) is 27.0. The summed E-state index contributed by atoms with van der Waals surface area (Å²) in [4.78, 5) is 96.5. The predicted octanol–water partition coefficient (Wildman–Crippen LogP) is 0.0247. The number of amides is 5. The molecule has 9 rings (SSSR count). The molecule has 3 aliphatic heterocycles. The number of pyridine rings is 2. The van der Waals surface area contributed by atoms with Crippen molar-refractivity contribution in [1.82, 2.24) is 36.1 Å². The average Bonchev–Trinajstić information content (AvgIpc) is 1.91. The van der Waals surface area contributed by atoms with Crippen LogP contribution in [-0.2, 0) is 74.6 Å². The number of benzene rings is 2. The first kappa shape index (κ1) is 59.0. The van der Waals surface area contributed by atoms with E-state index in [4.69, 9.17) is 33.4 Å². The number of nitrogens with one attached hydrogen (secondary N) is 5. The molecule has 5 aliphatic rings. The van der Waals surface area contributed by atoms with Gasteiger partial charge in [-0.2, -0.15) is 0 Å². The third-order valence-electron chi connectivity index (χ3n) is 15.1. The molecule has 0 radical (unpaired) electrons. The van der Waals surface area contributed by atoms with Crippen molar-refractivity contribution in [2.45, 2.75) is 133 Å². The number of aliphatic hydroxyl groups is 5. The first-order valence-electron chi connectivity index (χ1n) is 27.0. The Bertz CT molecular complexity index is 3290. The van der Waals surface area contributed by atoms with E-state index in [9.17, 15) is 59.1 Å². The molecule has 1 unspecified atom stereocenters. The Kier molecular flexibility index (Phi) is 18.5. The van der Waals surface area contributed by atoms with Crippen LogP contribution in [0.1, 0.15) is 107 Å². The maximum Gasteiger partial charge on any atom is 0.407 e. The standard InChI is InChI=1S/C56H64FN7O18/c1-3-56(76)35-18-39-47-33(21-64(39)52(73)34(35)24-79-54(56)74)46-37(13-12-31-28(2)36(57)19-38(63-47)45(31)46)62-44(68)25-77-27-61-42(66)20-60-55(75)80-23-29-11-14-40(81-53-50(71)49(70)48(69)41(22-65)82-53)32(17-29)51(72)59-16-15-58-43(67)26-78-30-9-7-5-4-6-8-10-30/h11,14,17-19,30,37,41,48-50,53,65,69-71,76H,3-7,9,12-13,15-16,20-27H2,1-2H3,(H,58,67)(H,59,72)(H,60,75)(H,61,66)(H,62,68)/t30?,37-,41+,48+,49-,50+,53+,56-/m0/s1. The summed E-state index contributed by atoms with van der Waals surface area (Å²) >= 11 is 0. The zero-order chi connectivity index (χ0) is 58.4. The van der Waals surface area contributed by atoms with Gasteiger partial charge in [0.05, 0.1) is 47.2 Å². The van der Waals surface area contributed by atoms with Crippen LogP contribution in [0.15, 0.2) is 35.1 Å². The number of fused-ring (bicyclic) bond motifs is 5. The molecule has 438 valence electrons. The summed E-state index contributed by atoms with van der Waals surface area (Å²) in [6.07, 6.45) is -4.44. The molecule has 4 aromatic rings. The molecular weight excluding hydrogens is 1080 g/mol. The number of alkyl carbamates (subject to hydrolysis) is 1. The number of aromatic nitrogens is 2. The molecule has 25 nitrogen and oxygen atoms in total. The normalized spacial score (nSPS) is 23.3. The Labute approximate surface area is 468 Å². The number of halogens is 1. The van der Waals surface area contributed by atoms with Crippen LogP contribution >= 0.6 is 0 Å². The highest BCUT2D eigenvalue weighted by Crippen LogP contribution is 2.46. The molecule has 0 bridgehead atoms. The van der Waals surface area contributed by atoms with Crippen LogP contribution in [0.3, 0.4) is 0 Å². The third-order valence-corrected chi connectivity index (χ3v) is 15.1. The Balaban J connectivity index is 0.768.